The highest BCUT2D eigenvalue weighted by Crippen LogP contribution is 2.33. The molecule has 1 fully saturated rings. The van der Waals surface area contributed by atoms with Gasteiger partial charge in [-0.1, -0.05) is 0 Å². The highest BCUT2D eigenvalue weighted by atomic mass is 16.6. The molecule has 1 saturated heterocycles. The number of rotatable bonds is 6. The quantitative estimate of drug-likeness (QED) is 0.471. The van der Waals surface area contributed by atoms with E-state index in [4.69, 9.17) is 0 Å². The molecule has 9 nitrogen and oxygen atoms in total. The average Bonchev–Trinajstić information content (AvgIpc) is 2.79. The molecule has 1 aliphatic heterocycles. The molecule has 0 spiro atoms. The number of aromatic nitrogens is 1. The minimum absolute atomic E-state index is 0.0390. The van der Waals surface area contributed by atoms with Crippen molar-refractivity contribution in [2.45, 2.75) is 0 Å². The summed E-state index contributed by atoms with van der Waals surface area (Å²) in [6, 6.07) is 12.9. The molecule has 0 unspecified atom stereocenters. The predicted octanol–water partition coefficient (Wildman–Crippen LogP) is 2.97. The molecule has 2 aromatic carbocycles. The Balaban J connectivity index is 1.37. The van der Waals surface area contributed by atoms with E-state index in [2.05, 4.69) is 20.1 Å². The van der Waals surface area contributed by atoms with Crippen LogP contribution in [0.2, 0.25) is 0 Å². The van der Waals surface area contributed by atoms with Crippen LogP contribution in [0.25, 0.3) is 10.8 Å². The van der Waals surface area contributed by atoms with Crippen molar-refractivity contribution >= 4 is 39.4 Å². The average molecular weight is 435 g/mol. The van der Waals surface area contributed by atoms with Crippen LogP contribution < -0.4 is 15.1 Å². The van der Waals surface area contributed by atoms with E-state index in [1.54, 1.807) is 24.5 Å². The molecule has 0 aliphatic carbocycles. The second-order valence-corrected chi connectivity index (χ2v) is 8.03. The third-order valence-electron chi connectivity index (χ3n) is 5.72. The maximum atomic E-state index is 12.5. The highest BCUT2D eigenvalue weighted by Gasteiger charge is 2.22. The molecule has 166 valence electrons. The number of hydrogen-bond acceptors (Lipinski definition) is 7. The lowest BCUT2D eigenvalue weighted by Crippen LogP contribution is -2.48. The standard InChI is InChI=1S/C23H26N6O3/c1-26(2)18-5-3-17(4-6-18)25-23(30)16-27-11-13-28(14-12-27)21-7-8-22(29(31)32)20-15-24-10-9-19(20)21/h3-10,15H,11-14,16H2,1-2H3,(H,25,30). The zero-order valence-electron chi connectivity index (χ0n) is 18.2. The lowest BCUT2D eigenvalue weighted by atomic mass is 10.1. The number of amides is 1. The van der Waals surface area contributed by atoms with Gasteiger partial charge in [0.25, 0.3) is 5.69 Å². The summed E-state index contributed by atoms with van der Waals surface area (Å²) < 4.78 is 0. The minimum Gasteiger partial charge on any atom is -0.378 e. The molecular weight excluding hydrogens is 408 g/mol. The second-order valence-electron chi connectivity index (χ2n) is 8.03. The van der Waals surface area contributed by atoms with Gasteiger partial charge >= 0.3 is 0 Å². The number of nitro benzene ring substituents is 1. The summed E-state index contributed by atoms with van der Waals surface area (Å²) >= 11 is 0. The number of nitrogens with zero attached hydrogens (tertiary/aromatic N) is 5. The topological polar surface area (TPSA) is 94.9 Å². The number of carbonyl (C=O) groups is 1. The Labute approximate surface area is 186 Å². The largest absolute Gasteiger partial charge is 0.378 e. The van der Waals surface area contributed by atoms with E-state index in [0.29, 0.717) is 11.9 Å². The number of nitrogens with one attached hydrogen (secondary N) is 1. The molecule has 1 amide bonds. The van der Waals surface area contributed by atoms with Gasteiger partial charge in [-0.05, 0) is 36.4 Å². The molecule has 1 aliphatic rings. The minimum atomic E-state index is -0.377. The van der Waals surface area contributed by atoms with Gasteiger partial charge < -0.3 is 15.1 Å². The number of nitro groups is 1. The van der Waals surface area contributed by atoms with Crippen LogP contribution in [0, 0.1) is 10.1 Å². The second kappa shape index (κ2) is 9.19. The van der Waals surface area contributed by atoms with Gasteiger partial charge in [-0.15, -0.1) is 0 Å². The van der Waals surface area contributed by atoms with Gasteiger partial charge in [-0.3, -0.25) is 24.8 Å². The molecule has 0 radical (unpaired) electrons. The van der Waals surface area contributed by atoms with Crippen LogP contribution >= 0.6 is 0 Å². The third-order valence-corrected chi connectivity index (χ3v) is 5.72. The summed E-state index contributed by atoms with van der Waals surface area (Å²) in [6.07, 6.45) is 3.20. The Kier molecular flexibility index (Phi) is 6.18. The number of benzene rings is 2. The van der Waals surface area contributed by atoms with E-state index in [9.17, 15) is 14.9 Å². The van der Waals surface area contributed by atoms with E-state index >= 15 is 0 Å². The highest BCUT2D eigenvalue weighted by molar-refractivity contribution is 5.99. The number of hydrogen-bond donors (Lipinski definition) is 1. The molecule has 0 saturated carbocycles. The molecule has 1 N–H and O–H groups in total. The molecule has 3 aromatic rings. The smallest absolute Gasteiger partial charge is 0.278 e. The molecule has 0 bridgehead atoms. The van der Waals surface area contributed by atoms with Crippen molar-refractivity contribution in [3.8, 4) is 0 Å². The Morgan fingerprint density at radius 2 is 1.78 bits per heavy atom. The van der Waals surface area contributed by atoms with Crippen molar-refractivity contribution < 1.29 is 9.72 Å². The zero-order chi connectivity index (χ0) is 22.7. The number of fused-ring (bicyclic) bond motifs is 1. The molecule has 1 aromatic heterocycles. The van der Waals surface area contributed by atoms with Crippen LogP contribution in [0.3, 0.4) is 0 Å². The maximum absolute atomic E-state index is 12.5. The predicted molar refractivity (Wildman–Crippen MR) is 126 cm³/mol. The lowest BCUT2D eigenvalue weighted by Gasteiger charge is -2.36. The van der Waals surface area contributed by atoms with Crippen molar-refractivity contribution in [1.29, 1.82) is 0 Å². The molecule has 2 heterocycles. The lowest BCUT2D eigenvalue weighted by molar-refractivity contribution is -0.383. The first kappa shape index (κ1) is 21.5. The Morgan fingerprint density at radius 1 is 1.06 bits per heavy atom. The summed E-state index contributed by atoms with van der Waals surface area (Å²) in [5.41, 5.74) is 2.88. The normalized spacial score (nSPS) is 14.4. The van der Waals surface area contributed by atoms with Gasteiger partial charge in [-0.2, -0.15) is 0 Å². The molecule has 0 atom stereocenters. The first-order valence-electron chi connectivity index (χ1n) is 10.5. The fraction of sp³-hybridized carbons (Fsp3) is 0.304. The van der Waals surface area contributed by atoms with Crippen molar-refractivity contribution in [3.05, 3.63) is 65.0 Å². The fourth-order valence-electron chi connectivity index (χ4n) is 3.99. The van der Waals surface area contributed by atoms with Crippen LogP contribution in [0.1, 0.15) is 0 Å². The van der Waals surface area contributed by atoms with Gasteiger partial charge in [0.05, 0.1) is 16.9 Å². The van der Waals surface area contributed by atoms with Gasteiger partial charge in [0.1, 0.15) is 0 Å². The van der Waals surface area contributed by atoms with Crippen LogP contribution in [-0.2, 0) is 4.79 Å². The molecule has 4 rings (SSSR count). The Morgan fingerprint density at radius 3 is 2.44 bits per heavy atom. The van der Waals surface area contributed by atoms with E-state index in [1.807, 2.05) is 49.3 Å². The van der Waals surface area contributed by atoms with Crippen molar-refractivity contribution in [2.24, 2.45) is 0 Å². The summed E-state index contributed by atoms with van der Waals surface area (Å²) in [4.78, 5) is 33.8. The van der Waals surface area contributed by atoms with Crippen LogP contribution in [0.4, 0.5) is 22.7 Å². The van der Waals surface area contributed by atoms with Gasteiger partial charge in [0, 0.05) is 81.2 Å². The van der Waals surface area contributed by atoms with Gasteiger partial charge in [0.2, 0.25) is 5.91 Å². The van der Waals surface area contributed by atoms with E-state index < -0.39 is 0 Å². The van der Waals surface area contributed by atoms with Gasteiger partial charge in [0.15, 0.2) is 0 Å². The zero-order valence-corrected chi connectivity index (χ0v) is 18.2. The monoisotopic (exact) mass is 434 g/mol. The SMILES string of the molecule is CN(C)c1ccc(NC(=O)CN2CCN(c3ccc([N+](=O)[O-])c4cnccc34)CC2)cc1. The van der Waals surface area contributed by atoms with Crippen LogP contribution in [-0.4, -0.2) is 67.5 Å². The van der Waals surface area contributed by atoms with E-state index in [-0.39, 0.29) is 16.5 Å². The number of piperazine rings is 1. The van der Waals surface area contributed by atoms with E-state index in [1.165, 1.54) is 0 Å². The Hall–Kier alpha value is -3.72. The van der Waals surface area contributed by atoms with Crippen molar-refractivity contribution in [3.63, 3.8) is 0 Å². The number of anilines is 3. The maximum Gasteiger partial charge on any atom is 0.278 e. The first-order chi connectivity index (χ1) is 15.4. The van der Waals surface area contributed by atoms with Gasteiger partial charge in [-0.25, -0.2) is 0 Å². The van der Waals surface area contributed by atoms with Crippen LogP contribution in [0.15, 0.2) is 54.9 Å². The van der Waals surface area contributed by atoms with Crippen molar-refractivity contribution in [1.82, 2.24) is 9.88 Å². The summed E-state index contributed by atoms with van der Waals surface area (Å²) in [5, 5.41) is 15.7. The molecule has 32 heavy (non-hydrogen) atoms. The first-order valence-corrected chi connectivity index (χ1v) is 10.5. The van der Waals surface area contributed by atoms with Crippen LogP contribution in [0.5, 0.6) is 0 Å². The third kappa shape index (κ3) is 4.62. The number of non-ortho nitro benzene ring substituents is 1. The number of carbonyl (C=O) groups excluding carboxylic acids is 1. The fourth-order valence-corrected chi connectivity index (χ4v) is 3.99. The molecule has 9 heteroatoms. The number of pyridine rings is 1. The Bertz CT molecular complexity index is 1120. The van der Waals surface area contributed by atoms with E-state index in [0.717, 1.165) is 48.6 Å². The summed E-state index contributed by atoms with van der Waals surface area (Å²) in [5.74, 6) is -0.0390. The van der Waals surface area contributed by atoms with Crippen molar-refractivity contribution in [2.75, 3.05) is 61.9 Å². The summed E-state index contributed by atoms with van der Waals surface area (Å²) in [7, 11) is 3.95. The molecular formula is C23H26N6O3. The summed E-state index contributed by atoms with van der Waals surface area (Å²) in [6.45, 7) is 3.27.